The van der Waals surface area contributed by atoms with Crippen molar-refractivity contribution in [1.82, 2.24) is 9.97 Å². The Morgan fingerprint density at radius 1 is 0.833 bits per heavy atom. The van der Waals surface area contributed by atoms with Gasteiger partial charge in [-0.05, 0) is 23.3 Å². The number of hydrogen-bond donors (Lipinski definition) is 0. The standard InChI is InChI=1S/C18H18N2O4/c1-23-17(21)15-13(11-5-3-7-19-9-11)16(18(22)24-2)14(15)12-6-4-8-20-10-12/h3-10,13-16H,1-2H3. The molecule has 0 aliphatic heterocycles. The second-order valence-electron chi connectivity index (χ2n) is 5.72. The van der Waals surface area contributed by atoms with E-state index in [1.807, 2.05) is 12.1 Å². The number of carbonyl (C=O) groups excluding carboxylic acids is 2. The van der Waals surface area contributed by atoms with Crippen molar-refractivity contribution in [2.24, 2.45) is 11.8 Å². The highest BCUT2D eigenvalue weighted by Gasteiger charge is 2.59. The van der Waals surface area contributed by atoms with Crippen LogP contribution in [0, 0.1) is 11.8 Å². The maximum atomic E-state index is 12.4. The van der Waals surface area contributed by atoms with Crippen LogP contribution in [0.4, 0.5) is 0 Å². The summed E-state index contributed by atoms with van der Waals surface area (Å²) in [5, 5.41) is 0. The maximum Gasteiger partial charge on any atom is 0.309 e. The Labute approximate surface area is 139 Å². The van der Waals surface area contributed by atoms with Gasteiger partial charge in [0.25, 0.3) is 0 Å². The summed E-state index contributed by atoms with van der Waals surface area (Å²) < 4.78 is 9.97. The van der Waals surface area contributed by atoms with E-state index < -0.39 is 11.8 Å². The molecule has 1 fully saturated rings. The monoisotopic (exact) mass is 326 g/mol. The number of aromatic nitrogens is 2. The Bertz CT molecular complexity index is 649. The molecule has 3 rings (SSSR count). The number of ether oxygens (including phenoxy) is 2. The second kappa shape index (κ2) is 6.78. The lowest BCUT2D eigenvalue weighted by Gasteiger charge is -2.49. The van der Waals surface area contributed by atoms with E-state index >= 15 is 0 Å². The SMILES string of the molecule is COC(=O)C1C(c2cccnc2)C(C(=O)OC)C1c1cccnc1. The number of pyridine rings is 2. The van der Waals surface area contributed by atoms with Crippen LogP contribution >= 0.6 is 0 Å². The summed E-state index contributed by atoms with van der Waals surface area (Å²) >= 11 is 0. The molecule has 0 saturated heterocycles. The lowest BCUT2D eigenvalue weighted by Crippen LogP contribution is -2.51. The Kier molecular flexibility index (Phi) is 4.55. The topological polar surface area (TPSA) is 78.4 Å². The molecule has 0 N–H and O–H groups in total. The Morgan fingerprint density at radius 2 is 1.25 bits per heavy atom. The van der Waals surface area contributed by atoms with E-state index in [1.54, 1.807) is 36.9 Å². The summed E-state index contributed by atoms with van der Waals surface area (Å²) in [4.78, 5) is 33.0. The molecular formula is C18H18N2O4. The average molecular weight is 326 g/mol. The van der Waals surface area contributed by atoms with Gasteiger partial charge in [0.05, 0.1) is 26.1 Å². The van der Waals surface area contributed by atoms with Crippen LogP contribution in [0.15, 0.2) is 49.1 Å². The van der Waals surface area contributed by atoms with Crippen LogP contribution in [0.25, 0.3) is 0 Å². The molecule has 1 saturated carbocycles. The zero-order valence-electron chi connectivity index (χ0n) is 13.5. The number of carbonyl (C=O) groups is 2. The van der Waals surface area contributed by atoms with E-state index in [0.717, 1.165) is 11.1 Å². The van der Waals surface area contributed by atoms with Crippen LogP contribution in [0.5, 0.6) is 0 Å². The van der Waals surface area contributed by atoms with Crippen LogP contribution in [0.1, 0.15) is 23.0 Å². The molecule has 124 valence electrons. The van der Waals surface area contributed by atoms with Crippen molar-refractivity contribution in [3.8, 4) is 0 Å². The van der Waals surface area contributed by atoms with E-state index in [9.17, 15) is 9.59 Å². The molecule has 0 amide bonds. The van der Waals surface area contributed by atoms with Gasteiger partial charge in [-0.25, -0.2) is 0 Å². The summed E-state index contributed by atoms with van der Waals surface area (Å²) in [7, 11) is 2.71. The van der Waals surface area contributed by atoms with Crippen molar-refractivity contribution in [2.75, 3.05) is 14.2 Å². The molecule has 6 heteroatoms. The van der Waals surface area contributed by atoms with Crippen molar-refractivity contribution in [3.05, 3.63) is 60.2 Å². The molecule has 0 spiro atoms. The van der Waals surface area contributed by atoms with E-state index in [4.69, 9.17) is 9.47 Å². The molecule has 6 nitrogen and oxygen atoms in total. The van der Waals surface area contributed by atoms with Gasteiger partial charge in [0.15, 0.2) is 0 Å². The average Bonchev–Trinajstić information content (AvgIpc) is 2.62. The summed E-state index contributed by atoms with van der Waals surface area (Å²) in [5.41, 5.74) is 1.65. The van der Waals surface area contributed by atoms with Gasteiger partial charge in [0, 0.05) is 36.6 Å². The summed E-state index contributed by atoms with van der Waals surface area (Å²) in [6, 6.07) is 7.30. The fourth-order valence-electron chi connectivity index (χ4n) is 3.58. The Balaban J connectivity index is 2.06. The summed E-state index contributed by atoms with van der Waals surface area (Å²) in [6.45, 7) is 0. The molecular weight excluding hydrogens is 308 g/mol. The molecule has 0 bridgehead atoms. The van der Waals surface area contributed by atoms with Gasteiger partial charge in [-0.1, -0.05) is 12.1 Å². The van der Waals surface area contributed by atoms with Gasteiger partial charge in [-0.2, -0.15) is 0 Å². The van der Waals surface area contributed by atoms with E-state index in [0.29, 0.717) is 0 Å². The highest BCUT2D eigenvalue weighted by molar-refractivity contribution is 5.85. The van der Waals surface area contributed by atoms with Crippen molar-refractivity contribution >= 4 is 11.9 Å². The second-order valence-corrected chi connectivity index (χ2v) is 5.72. The van der Waals surface area contributed by atoms with E-state index in [-0.39, 0.29) is 23.8 Å². The molecule has 1 aliphatic rings. The number of rotatable bonds is 4. The third-order valence-corrected chi connectivity index (χ3v) is 4.63. The molecule has 2 heterocycles. The predicted molar refractivity (Wildman–Crippen MR) is 85.0 cm³/mol. The first-order valence-electron chi connectivity index (χ1n) is 7.64. The fraction of sp³-hybridized carbons (Fsp3) is 0.333. The van der Waals surface area contributed by atoms with Gasteiger partial charge < -0.3 is 9.47 Å². The van der Waals surface area contributed by atoms with Gasteiger partial charge in [0.2, 0.25) is 0 Å². The minimum atomic E-state index is -0.479. The first-order chi connectivity index (χ1) is 11.7. The summed E-state index contributed by atoms with van der Waals surface area (Å²) in [5.74, 6) is -2.32. The Hall–Kier alpha value is -2.76. The molecule has 2 aromatic heterocycles. The highest BCUT2D eigenvalue weighted by atomic mass is 16.5. The molecule has 1 aliphatic carbocycles. The fourth-order valence-corrected chi connectivity index (χ4v) is 3.58. The number of hydrogen-bond acceptors (Lipinski definition) is 6. The lowest BCUT2D eigenvalue weighted by molar-refractivity contribution is -0.164. The van der Waals surface area contributed by atoms with Crippen molar-refractivity contribution in [3.63, 3.8) is 0 Å². The predicted octanol–water partition coefficient (Wildman–Crippen LogP) is 1.94. The maximum absolute atomic E-state index is 12.4. The van der Waals surface area contributed by atoms with E-state index in [1.165, 1.54) is 14.2 Å². The largest absolute Gasteiger partial charge is 0.469 e. The third-order valence-electron chi connectivity index (χ3n) is 4.63. The first-order valence-corrected chi connectivity index (χ1v) is 7.64. The van der Waals surface area contributed by atoms with Crippen LogP contribution in [-0.2, 0) is 19.1 Å². The minimum Gasteiger partial charge on any atom is -0.469 e. The molecule has 0 atom stereocenters. The Morgan fingerprint density at radius 3 is 1.54 bits per heavy atom. The van der Waals surface area contributed by atoms with Crippen LogP contribution in [0.3, 0.4) is 0 Å². The summed E-state index contributed by atoms with van der Waals surface area (Å²) in [6.07, 6.45) is 6.66. The number of esters is 2. The number of nitrogens with zero attached hydrogens (tertiary/aromatic N) is 2. The zero-order valence-corrected chi connectivity index (χ0v) is 13.5. The van der Waals surface area contributed by atoms with Crippen molar-refractivity contribution < 1.29 is 19.1 Å². The molecule has 2 aromatic rings. The molecule has 0 aromatic carbocycles. The smallest absolute Gasteiger partial charge is 0.309 e. The van der Waals surface area contributed by atoms with Crippen LogP contribution in [0.2, 0.25) is 0 Å². The van der Waals surface area contributed by atoms with Gasteiger partial charge in [0.1, 0.15) is 0 Å². The van der Waals surface area contributed by atoms with Gasteiger partial charge >= 0.3 is 11.9 Å². The van der Waals surface area contributed by atoms with Crippen molar-refractivity contribution in [2.45, 2.75) is 11.8 Å². The van der Waals surface area contributed by atoms with Gasteiger partial charge in [-0.3, -0.25) is 19.6 Å². The number of methoxy groups -OCH3 is 2. The quantitative estimate of drug-likeness (QED) is 0.799. The lowest BCUT2D eigenvalue weighted by atomic mass is 9.53. The van der Waals surface area contributed by atoms with Crippen LogP contribution < -0.4 is 0 Å². The zero-order chi connectivity index (χ0) is 17.1. The van der Waals surface area contributed by atoms with Crippen LogP contribution in [-0.4, -0.2) is 36.1 Å². The molecule has 0 radical (unpaired) electrons. The molecule has 24 heavy (non-hydrogen) atoms. The van der Waals surface area contributed by atoms with Crippen molar-refractivity contribution in [1.29, 1.82) is 0 Å². The van der Waals surface area contributed by atoms with E-state index in [2.05, 4.69) is 9.97 Å². The molecule has 0 unspecified atom stereocenters. The minimum absolute atomic E-state index is 0.330. The highest BCUT2D eigenvalue weighted by Crippen LogP contribution is 2.58. The third kappa shape index (κ3) is 2.64. The first kappa shape index (κ1) is 16.1. The van der Waals surface area contributed by atoms with Gasteiger partial charge in [-0.15, -0.1) is 0 Å². The normalized spacial score (nSPS) is 25.4.